The van der Waals surface area contributed by atoms with E-state index >= 15 is 0 Å². The summed E-state index contributed by atoms with van der Waals surface area (Å²) in [6.07, 6.45) is 3.67. The molecule has 0 saturated heterocycles. The Hall–Kier alpha value is -2.36. The number of hydrogen-bond acceptors (Lipinski definition) is 2. The maximum absolute atomic E-state index is 10.6. The fourth-order valence-electron chi connectivity index (χ4n) is 1.28. The largest absolute Gasteiger partial charge is 0.476 e. The van der Waals surface area contributed by atoms with Crippen molar-refractivity contribution in [3.63, 3.8) is 0 Å². The predicted molar refractivity (Wildman–Crippen MR) is 60.9 cm³/mol. The Morgan fingerprint density at radius 2 is 2.00 bits per heavy atom. The molecule has 0 unspecified atom stereocenters. The molecule has 0 amide bonds. The summed E-state index contributed by atoms with van der Waals surface area (Å²) in [5.41, 5.74) is 1.74. The number of nitrogens with one attached hydrogen (secondary N) is 1. The standard InChI is InChI=1S/C12H10N2O2/c15-12(16)11-8-10(13-14-11)7-6-9-4-2-1-3-5-9/h1-8H,(H,13,14)(H,15,16). The molecule has 4 heteroatoms. The molecule has 1 aromatic heterocycles. The topological polar surface area (TPSA) is 66.0 Å². The number of carbonyl (C=O) groups is 1. The van der Waals surface area contributed by atoms with Crippen molar-refractivity contribution in [1.82, 2.24) is 10.2 Å². The van der Waals surface area contributed by atoms with E-state index < -0.39 is 5.97 Å². The van der Waals surface area contributed by atoms with E-state index in [2.05, 4.69) is 10.2 Å². The third-order valence-electron chi connectivity index (χ3n) is 2.07. The number of hydrogen-bond donors (Lipinski definition) is 2. The molecule has 2 N–H and O–H groups in total. The van der Waals surface area contributed by atoms with Gasteiger partial charge in [-0.3, -0.25) is 5.10 Å². The Morgan fingerprint density at radius 1 is 1.25 bits per heavy atom. The molecule has 2 rings (SSSR count). The van der Waals surface area contributed by atoms with E-state index in [1.807, 2.05) is 36.4 Å². The van der Waals surface area contributed by atoms with E-state index in [0.717, 1.165) is 5.56 Å². The Balaban J connectivity index is 2.15. The summed E-state index contributed by atoms with van der Waals surface area (Å²) in [5, 5.41) is 15.0. The highest BCUT2D eigenvalue weighted by molar-refractivity contribution is 5.86. The summed E-state index contributed by atoms with van der Waals surface area (Å²) in [6, 6.07) is 11.2. The van der Waals surface area contributed by atoms with Crippen LogP contribution in [0, 0.1) is 0 Å². The zero-order valence-electron chi connectivity index (χ0n) is 8.42. The highest BCUT2D eigenvalue weighted by atomic mass is 16.4. The van der Waals surface area contributed by atoms with Gasteiger partial charge in [0.05, 0.1) is 5.69 Å². The van der Waals surface area contributed by atoms with Crippen molar-refractivity contribution in [1.29, 1.82) is 0 Å². The minimum absolute atomic E-state index is 0.0210. The average Bonchev–Trinajstić information content (AvgIpc) is 2.76. The molecular weight excluding hydrogens is 204 g/mol. The number of aromatic amines is 1. The van der Waals surface area contributed by atoms with E-state index in [1.54, 1.807) is 6.08 Å². The van der Waals surface area contributed by atoms with Crippen LogP contribution < -0.4 is 0 Å². The maximum atomic E-state index is 10.6. The summed E-state index contributed by atoms with van der Waals surface area (Å²) in [5.74, 6) is -1.03. The van der Waals surface area contributed by atoms with Gasteiger partial charge < -0.3 is 5.11 Å². The van der Waals surface area contributed by atoms with Crippen LogP contribution in [0.15, 0.2) is 36.4 Å². The second-order valence-corrected chi connectivity index (χ2v) is 3.26. The van der Waals surface area contributed by atoms with Crippen molar-refractivity contribution in [2.45, 2.75) is 0 Å². The van der Waals surface area contributed by atoms with E-state index in [-0.39, 0.29) is 5.69 Å². The maximum Gasteiger partial charge on any atom is 0.356 e. The normalized spacial score (nSPS) is 10.8. The van der Waals surface area contributed by atoms with Crippen LogP contribution in [0.2, 0.25) is 0 Å². The average molecular weight is 214 g/mol. The van der Waals surface area contributed by atoms with Gasteiger partial charge in [0, 0.05) is 0 Å². The van der Waals surface area contributed by atoms with Crippen molar-refractivity contribution in [2.75, 3.05) is 0 Å². The molecule has 0 aliphatic heterocycles. The Labute approximate surface area is 92.2 Å². The summed E-state index contributed by atoms with van der Waals surface area (Å²) in [6.45, 7) is 0. The van der Waals surface area contributed by atoms with Gasteiger partial charge in [0.25, 0.3) is 0 Å². The summed E-state index contributed by atoms with van der Waals surface area (Å²) in [4.78, 5) is 10.6. The number of aromatic nitrogens is 2. The summed E-state index contributed by atoms with van der Waals surface area (Å²) < 4.78 is 0. The molecule has 0 atom stereocenters. The molecule has 0 bridgehead atoms. The van der Waals surface area contributed by atoms with Gasteiger partial charge in [0.2, 0.25) is 0 Å². The number of rotatable bonds is 3. The number of carboxylic acid groups (broad SMARTS) is 1. The summed E-state index contributed by atoms with van der Waals surface area (Å²) >= 11 is 0. The first-order valence-corrected chi connectivity index (χ1v) is 4.77. The van der Waals surface area contributed by atoms with Crippen LogP contribution in [-0.2, 0) is 0 Å². The van der Waals surface area contributed by atoms with Crippen molar-refractivity contribution >= 4 is 18.1 Å². The minimum Gasteiger partial charge on any atom is -0.476 e. The van der Waals surface area contributed by atoms with Gasteiger partial charge in [-0.05, 0) is 17.7 Å². The molecule has 4 nitrogen and oxygen atoms in total. The molecule has 1 heterocycles. The van der Waals surface area contributed by atoms with Crippen LogP contribution in [0.4, 0.5) is 0 Å². The van der Waals surface area contributed by atoms with E-state index in [4.69, 9.17) is 5.11 Å². The zero-order valence-corrected chi connectivity index (χ0v) is 8.42. The zero-order chi connectivity index (χ0) is 11.4. The van der Waals surface area contributed by atoms with E-state index in [1.165, 1.54) is 6.07 Å². The number of benzene rings is 1. The first kappa shape index (κ1) is 10.2. The Bertz CT molecular complexity index is 515. The molecule has 0 radical (unpaired) electrons. The number of aromatic carboxylic acids is 1. The highest BCUT2D eigenvalue weighted by Crippen LogP contribution is 2.07. The Kier molecular flexibility index (Phi) is 2.82. The van der Waals surface area contributed by atoms with Gasteiger partial charge in [0.15, 0.2) is 5.69 Å². The molecule has 16 heavy (non-hydrogen) atoms. The monoisotopic (exact) mass is 214 g/mol. The molecule has 0 aliphatic rings. The third-order valence-corrected chi connectivity index (χ3v) is 2.07. The second-order valence-electron chi connectivity index (χ2n) is 3.26. The lowest BCUT2D eigenvalue weighted by molar-refractivity contribution is 0.0690. The third kappa shape index (κ3) is 2.36. The molecule has 1 aromatic carbocycles. The van der Waals surface area contributed by atoms with Crippen LogP contribution >= 0.6 is 0 Å². The highest BCUT2D eigenvalue weighted by Gasteiger charge is 2.05. The lowest BCUT2D eigenvalue weighted by Crippen LogP contribution is -1.95. The smallest absolute Gasteiger partial charge is 0.356 e. The molecule has 0 saturated carbocycles. The number of carboxylic acids is 1. The van der Waals surface area contributed by atoms with Crippen molar-refractivity contribution in [2.24, 2.45) is 0 Å². The van der Waals surface area contributed by atoms with Crippen molar-refractivity contribution < 1.29 is 9.90 Å². The van der Waals surface area contributed by atoms with Gasteiger partial charge >= 0.3 is 5.97 Å². The van der Waals surface area contributed by atoms with Gasteiger partial charge in [-0.15, -0.1) is 0 Å². The fraction of sp³-hybridized carbons (Fsp3) is 0. The molecule has 0 fully saturated rings. The lowest BCUT2D eigenvalue weighted by Gasteiger charge is -1.89. The molecular formula is C12H10N2O2. The molecule has 0 spiro atoms. The van der Waals surface area contributed by atoms with Crippen molar-refractivity contribution in [3.8, 4) is 0 Å². The van der Waals surface area contributed by atoms with Gasteiger partial charge in [-0.1, -0.05) is 36.4 Å². The van der Waals surface area contributed by atoms with Gasteiger partial charge in [-0.2, -0.15) is 5.10 Å². The molecule has 0 aliphatic carbocycles. The first-order valence-electron chi connectivity index (χ1n) is 4.77. The quantitative estimate of drug-likeness (QED) is 0.823. The number of nitrogens with zero attached hydrogens (tertiary/aromatic N) is 1. The van der Waals surface area contributed by atoms with Crippen LogP contribution in [0.3, 0.4) is 0 Å². The predicted octanol–water partition coefficient (Wildman–Crippen LogP) is 2.28. The fourth-order valence-corrected chi connectivity index (χ4v) is 1.28. The molecule has 80 valence electrons. The van der Waals surface area contributed by atoms with Gasteiger partial charge in [0.1, 0.15) is 0 Å². The first-order chi connectivity index (χ1) is 7.75. The van der Waals surface area contributed by atoms with Crippen LogP contribution in [-0.4, -0.2) is 21.3 Å². The minimum atomic E-state index is -1.03. The molecule has 2 aromatic rings. The van der Waals surface area contributed by atoms with Crippen LogP contribution in [0.1, 0.15) is 21.7 Å². The Morgan fingerprint density at radius 3 is 2.62 bits per heavy atom. The number of H-pyrrole nitrogens is 1. The summed E-state index contributed by atoms with van der Waals surface area (Å²) in [7, 11) is 0. The second kappa shape index (κ2) is 4.44. The van der Waals surface area contributed by atoms with E-state index in [0.29, 0.717) is 5.69 Å². The van der Waals surface area contributed by atoms with Gasteiger partial charge in [-0.25, -0.2) is 4.79 Å². The van der Waals surface area contributed by atoms with E-state index in [9.17, 15) is 4.79 Å². The van der Waals surface area contributed by atoms with Crippen LogP contribution in [0.25, 0.3) is 12.2 Å². The van der Waals surface area contributed by atoms with Crippen molar-refractivity contribution in [3.05, 3.63) is 53.3 Å². The SMILES string of the molecule is O=C(O)c1cc(C=Cc2ccccc2)[nH]n1. The lowest BCUT2D eigenvalue weighted by atomic mass is 10.2. The van der Waals surface area contributed by atoms with Crippen LogP contribution in [0.5, 0.6) is 0 Å².